The van der Waals surface area contributed by atoms with E-state index in [0.717, 1.165) is 11.3 Å². The number of aryl methyl sites for hydroxylation is 1. The van der Waals surface area contributed by atoms with Crippen molar-refractivity contribution in [2.45, 2.75) is 26.8 Å². The molecule has 34 heavy (non-hydrogen) atoms. The van der Waals surface area contributed by atoms with Gasteiger partial charge >= 0.3 is 5.97 Å². The highest BCUT2D eigenvalue weighted by atomic mass is 32.1. The zero-order valence-electron chi connectivity index (χ0n) is 18.7. The summed E-state index contributed by atoms with van der Waals surface area (Å²) in [7, 11) is 0. The van der Waals surface area contributed by atoms with Gasteiger partial charge in [0, 0.05) is 0 Å². The third-order valence-electron chi connectivity index (χ3n) is 5.16. The number of hydrogen-bond acceptors (Lipinski definition) is 9. The number of aliphatic hydroxyl groups is 1. The number of carbonyl (C=O) groups is 3. The Hall–Kier alpha value is -3.50. The monoisotopic (exact) mass is 498 g/mol. The summed E-state index contributed by atoms with van der Waals surface area (Å²) >= 11 is 2.20. The molecule has 2 aromatic heterocycles. The SMILES string of the molecule is CCOC(=O)c1sc(N2C(=O)C(O)=C(C(=O)c3cccs3)[C@H]2c2ccc(OCC)cc2)nc1C. The summed E-state index contributed by atoms with van der Waals surface area (Å²) in [6.45, 7) is 5.90. The predicted octanol–water partition coefficient (Wildman–Crippen LogP) is 4.87. The standard InChI is InChI=1S/C24H22N2O6S2/c1-4-31-15-10-8-14(9-11-15)18-17(19(27)16-7-6-12-33-16)20(28)22(29)26(18)24-25-13(3)21(34-24)23(30)32-5-2/h6-12,18,28H,4-5H2,1-3H3/t18-/m1/s1. The molecular weight excluding hydrogens is 476 g/mol. The maximum absolute atomic E-state index is 13.4. The van der Waals surface area contributed by atoms with E-state index in [1.807, 2.05) is 6.92 Å². The van der Waals surface area contributed by atoms with Crippen LogP contribution in [0.15, 0.2) is 53.1 Å². The van der Waals surface area contributed by atoms with E-state index in [0.29, 0.717) is 28.5 Å². The number of nitrogens with zero attached hydrogens (tertiary/aromatic N) is 2. The average Bonchev–Trinajstić information content (AvgIpc) is 3.54. The molecule has 176 valence electrons. The molecule has 1 aliphatic rings. The minimum absolute atomic E-state index is 0.0397. The fraction of sp³-hybridized carbons (Fsp3) is 0.250. The molecule has 1 atom stereocenters. The normalized spacial score (nSPS) is 15.7. The molecule has 3 aromatic rings. The molecular formula is C24H22N2O6S2. The number of esters is 1. The largest absolute Gasteiger partial charge is 0.503 e. The molecule has 0 spiro atoms. The van der Waals surface area contributed by atoms with Crippen LogP contribution < -0.4 is 9.64 Å². The zero-order chi connectivity index (χ0) is 24.4. The van der Waals surface area contributed by atoms with E-state index in [4.69, 9.17) is 9.47 Å². The van der Waals surface area contributed by atoms with Gasteiger partial charge in [-0.15, -0.1) is 11.3 Å². The molecule has 0 saturated carbocycles. The van der Waals surface area contributed by atoms with Gasteiger partial charge in [0.1, 0.15) is 10.6 Å². The van der Waals surface area contributed by atoms with Gasteiger partial charge in [0.25, 0.3) is 5.91 Å². The lowest BCUT2D eigenvalue weighted by atomic mass is 9.95. The number of rotatable bonds is 8. The van der Waals surface area contributed by atoms with Crippen LogP contribution in [0.3, 0.4) is 0 Å². The van der Waals surface area contributed by atoms with Crippen molar-refractivity contribution in [3.63, 3.8) is 0 Å². The third kappa shape index (κ3) is 4.22. The smallest absolute Gasteiger partial charge is 0.350 e. The van der Waals surface area contributed by atoms with Gasteiger partial charge in [-0.1, -0.05) is 29.5 Å². The molecule has 0 aliphatic carbocycles. The van der Waals surface area contributed by atoms with Crippen molar-refractivity contribution in [3.05, 3.63) is 74.1 Å². The number of anilines is 1. The Morgan fingerprint density at radius 1 is 1.15 bits per heavy atom. The van der Waals surface area contributed by atoms with Crippen LogP contribution in [0, 0.1) is 6.92 Å². The minimum atomic E-state index is -0.932. The lowest BCUT2D eigenvalue weighted by molar-refractivity contribution is -0.117. The summed E-state index contributed by atoms with van der Waals surface area (Å²) in [5.74, 6) is -1.75. The Kier molecular flexibility index (Phi) is 6.80. The maximum Gasteiger partial charge on any atom is 0.350 e. The van der Waals surface area contributed by atoms with Crippen molar-refractivity contribution in [2.75, 3.05) is 18.1 Å². The van der Waals surface area contributed by atoms with Crippen LogP contribution >= 0.6 is 22.7 Å². The van der Waals surface area contributed by atoms with Crippen molar-refractivity contribution in [3.8, 4) is 5.75 Å². The third-order valence-corrected chi connectivity index (χ3v) is 7.16. The topological polar surface area (TPSA) is 106 Å². The van der Waals surface area contributed by atoms with Crippen LogP contribution in [0.1, 0.15) is 50.5 Å². The number of carbonyl (C=O) groups excluding carboxylic acids is 3. The van der Waals surface area contributed by atoms with Crippen LogP contribution in [0.25, 0.3) is 0 Å². The molecule has 1 N–H and O–H groups in total. The first-order chi connectivity index (χ1) is 16.4. The Morgan fingerprint density at radius 3 is 2.50 bits per heavy atom. The molecule has 3 heterocycles. The molecule has 0 fully saturated rings. The van der Waals surface area contributed by atoms with E-state index in [-0.39, 0.29) is 22.2 Å². The number of hydrogen-bond donors (Lipinski definition) is 1. The quantitative estimate of drug-likeness (QED) is 0.349. The second-order valence-corrected chi connectivity index (χ2v) is 9.21. The van der Waals surface area contributed by atoms with Gasteiger partial charge in [-0.25, -0.2) is 9.78 Å². The van der Waals surface area contributed by atoms with Gasteiger partial charge in [-0.05, 0) is 49.9 Å². The number of ketones is 1. The average molecular weight is 499 g/mol. The first-order valence-corrected chi connectivity index (χ1v) is 12.3. The van der Waals surface area contributed by atoms with Crippen LogP contribution in [-0.4, -0.2) is 41.0 Å². The number of benzene rings is 1. The highest BCUT2D eigenvalue weighted by molar-refractivity contribution is 7.17. The summed E-state index contributed by atoms with van der Waals surface area (Å²) in [4.78, 5) is 45.3. The van der Waals surface area contributed by atoms with Crippen LogP contribution in [0.2, 0.25) is 0 Å². The van der Waals surface area contributed by atoms with Gasteiger partial charge in [0.2, 0.25) is 5.78 Å². The summed E-state index contributed by atoms with van der Waals surface area (Å²) < 4.78 is 10.6. The Balaban J connectivity index is 1.82. The summed E-state index contributed by atoms with van der Waals surface area (Å²) in [6.07, 6.45) is 0. The van der Waals surface area contributed by atoms with Gasteiger partial charge in [-0.3, -0.25) is 14.5 Å². The van der Waals surface area contributed by atoms with E-state index < -0.39 is 29.5 Å². The summed E-state index contributed by atoms with van der Waals surface area (Å²) in [5, 5.41) is 12.8. The predicted molar refractivity (Wildman–Crippen MR) is 129 cm³/mol. The van der Waals surface area contributed by atoms with E-state index in [1.165, 1.54) is 16.2 Å². The first kappa shape index (κ1) is 23.7. The van der Waals surface area contributed by atoms with Crippen LogP contribution in [0.5, 0.6) is 5.75 Å². The second-order valence-electron chi connectivity index (χ2n) is 7.28. The number of amides is 1. The summed E-state index contributed by atoms with van der Waals surface area (Å²) in [5.41, 5.74) is 0.947. The number of ether oxygens (including phenoxy) is 2. The molecule has 0 unspecified atom stereocenters. The van der Waals surface area contributed by atoms with Crippen molar-refractivity contribution in [1.82, 2.24) is 4.98 Å². The number of Topliss-reactive ketones (excluding diaryl/α,β-unsaturated/α-hetero) is 1. The molecule has 10 heteroatoms. The molecule has 8 nitrogen and oxygen atoms in total. The number of aliphatic hydroxyl groups excluding tert-OH is 1. The fourth-order valence-electron chi connectivity index (χ4n) is 3.67. The lowest BCUT2D eigenvalue weighted by Gasteiger charge is -2.24. The molecule has 0 radical (unpaired) electrons. The minimum Gasteiger partial charge on any atom is -0.503 e. The van der Waals surface area contributed by atoms with Crippen molar-refractivity contribution >= 4 is 45.5 Å². The Morgan fingerprint density at radius 2 is 1.88 bits per heavy atom. The van der Waals surface area contributed by atoms with E-state index >= 15 is 0 Å². The number of aromatic nitrogens is 1. The van der Waals surface area contributed by atoms with Gasteiger partial charge in [0.05, 0.1) is 35.4 Å². The van der Waals surface area contributed by atoms with E-state index in [9.17, 15) is 19.5 Å². The van der Waals surface area contributed by atoms with Crippen LogP contribution in [0.4, 0.5) is 5.13 Å². The molecule has 0 bridgehead atoms. The van der Waals surface area contributed by atoms with Gasteiger partial charge in [0.15, 0.2) is 10.9 Å². The van der Waals surface area contributed by atoms with Gasteiger partial charge in [-0.2, -0.15) is 0 Å². The molecule has 4 rings (SSSR count). The van der Waals surface area contributed by atoms with Crippen molar-refractivity contribution in [2.24, 2.45) is 0 Å². The number of thiazole rings is 1. The second kappa shape index (κ2) is 9.78. The Labute approximate surface area is 204 Å². The number of thiophene rings is 1. The van der Waals surface area contributed by atoms with Crippen LogP contribution in [-0.2, 0) is 9.53 Å². The maximum atomic E-state index is 13.4. The molecule has 1 aliphatic heterocycles. The van der Waals surface area contributed by atoms with Crippen molar-refractivity contribution in [1.29, 1.82) is 0 Å². The van der Waals surface area contributed by atoms with Crippen molar-refractivity contribution < 1.29 is 29.0 Å². The highest BCUT2D eigenvalue weighted by Gasteiger charge is 2.46. The fourth-order valence-corrected chi connectivity index (χ4v) is 5.34. The van der Waals surface area contributed by atoms with E-state index in [1.54, 1.807) is 55.6 Å². The Bertz CT molecular complexity index is 1260. The molecule has 1 aromatic carbocycles. The first-order valence-electron chi connectivity index (χ1n) is 10.6. The molecule has 0 saturated heterocycles. The zero-order valence-corrected chi connectivity index (χ0v) is 20.4. The summed E-state index contributed by atoms with van der Waals surface area (Å²) in [6, 6.07) is 9.39. The molecule has 1 amide bonds. The highest BCUT2D eigenvalue weighted by Crippen LogP contribution is 2.44. The lowest BCUT2D eigenvalue weighted by Crippen LogP contribution is -2.31. The van der Waals surface area contributed by atoms with E-state index in [2.05, 4.69) is 4.98 Å². The van der Waals surface area contributed by atoms with Gasteiger partial charge < -0.3 is 14.6 Å².